The maximum atomic E-state index is 13.3. The smallest absolute Gasteiger partial charge is 0.285 e. The molecule has 0 atom stereocenters. The quantitative estimate of drug-likeness (QED) is 0.782. The average molecular weight is 266 g/mol. The van der Waals surface area contributed by atoms with Crippen molar-refractivity contribution in [1.82, 2.24) is 25.6 Å². The maximum absolute atomic E-state index is 13.3. The standard InChI is InChI=1S/C9H7FN6OS/c1-4-5(2-11)9(12-8(17)7(4)10)18-3-6-13-15-16-14-6/h3H2,1H3,(H,12,17)(H,13,14,15,16). The summed E-state index contributed by atoms with van der Waals surface area (Å²) in [5.74, 6) is -0.105. The molecule has 0 spiro atoms. The van der Waals surface area contributed by atoms with E-state index in [1.807, 2.05) is 6.07 Å². The minimum absolute atomic E-state index is 0.0412. The SMILES string of the molecule is Cc1c(C#N)c(SCc2nnn[nH]2)[nH]c(=O)c1F. The van der Waals surface area contributed by atoms with Crippen molar-refractivity contribution in [3.63, 3.8) is 0 Å². The van der Waals surface area contributed by atoms with Crippen LogP contribution in [0.5, 0.6) is 0 Å². The van der Waals surface area contributed by atoms with Gasteiger partial charge in [0.2, 0.25) is 0 Å². The number of halogens is 1. The normalized spacial score (nSPS) is 10.3. The van der Waals surface area contributed by atoms with Crippen LogP contribution >= 0.6 is 11.8 Å². The zero-order valence-electron chi connectivity index (χ0n) is 9.19. The minimum atomic E-state index is -0.933. The van der Waals surface area contributed by atoms with Crippen LogP contribution in [0.2, 0.25) is 0 Å². The van der Waals surface area contributed by atoms with E-state index >= 15 is 0 Å². The monoisotopic (exact) mass is 266 g/mol. The second-order valence-electron chi connectivity index (χ2n) is 3.35. The number of H-pyrrole nitrogens is 2. The van der Waals surface area contributed by atoms with E-state index in [1.54, 1.807) is 0 Å². The van der Waals surface area contributed by atoms with Crippen molar-refractivity contribution in [2.24, 2.45) is 0 Å². The number of nitrogens with zero attached hydrogens (tertiary/aromatic N) is 4. The molecule has 9 heteroatoms. The van der Waals surface area contributed by atoms with Crippen LogP contribution in [0, 0.1) is 24.1 Å². The summed E-state index contributed by atoms with van der Waals surface area (Å²) in [4.78, 5) is 13.6. The van der Waals surface area contributed by atoms with Gasteiger partial charge in [0.25, 0.3) is 5.56 Å². The Hall–Kier alpha value is -2.21. The molecule has 0 aliphatic rings. The van der Waals surface area contributed by atoms with Crippen LogP contribution in [0.1, 0.15) is 17.0 Å². The molecule has 0 amide bonds. The van der Waals surface area contributed by atoms with E-state index in [1.165, 1.54) is 6.92 Å². The van der Waals surface area contributed by atoms with Crippen molar-refractivity contribution in [2.45, 2.75) is 17.7 Å². The van der Waals surface area contributed by atoms with Gasteiger partial charge in [-0.2, -0.15) is 5.26 Å². The van der Waals surface area contributed by atoms with Crippen molar-refractivity contribution < 1.29 is 4.39 Å². The van der Waals surface area contributed by atoms with Gasteiger partial charge in [-0.15, -0.1) is 5.10 Å². The summed E-state index contributed by atoms with van der Waals surface area (Å²) >= 11 is 1.15. The molecule has 18 heavy (non-hydrogen) atoms. The van der Waals surface area contributed by atoms with Gasteiger partial charge in [-0.3, -0.25) is 4.79 Å². The maximum Gasteiger partial charge on any atom is 0.285 e. The molecule has 2 N–H and O–H groups in total. The summed E-state index contributed by atoms with van der Waals surface area (Å²) in [6.45, 7) is 1.39. The molecule has 7 nitrogen and oxygen atoms in total. The molecule has 0 aliphatic carbocycles. The van der Waals surface area contributed by atoms with Crippen LogP contribution in [-0.4, -0.2) is 25.6 Å². The molecule has 0 unspecified atom stereocenters. The molecule has 0 aromatic carbocycles. The highest BCUT2D eigenvalue weighted by atomic mass is 32.2. The largest absolute Gasteiger partial charge is 0.313 e. The number of nitriles is 1. The van der Waals surface area contributed by atoms with Crippen LogP contribution in [0.15, 0.2) is 9.82 Å². The number of aromatic amines is 2. The zero-order chi connectivity index (χ0) is 13.1. The summed E-state index contributed by atoms with van der Waals surface area (Å²) in [6, 6.07) is 1.87. The molecule has 2 rings (SSSR count). The van der Waals surface area contributed by atoms with Gasteiger partial charge in [-0.05, 0) is 17.4 Å². The molecule has 0 bridgehead atoms. The van der Waals surface area contributed by atoms with Crippen LogP contribution in [0.25, 0.3) is 0 Å². The Kier molecular flexibility index (Phi) is 3.38. The third kappa shape index (κ3) is 2.23. The predicted molar refractivity (Wildman–Crippen MR) is 60.2 cm³/mol. The fourth-order valence-electron chi connectivity index (χ4n) is 1.29. The van der Waals surface area contributed by atoms with Crippen molar-refractivity contribution in [3.05, 3.63) is 33.1 Å². The number of pyridine rings is 1. The van der Waals surface area contributed by atoms with E-state index < -0.39 is 11.4 Å². The number of rotatable bonds is 3. The first-order valence-electron chi connectivity index (χ1n) is 4.81. The fourth-order valence-corrected chi connectivity index (χ4v) is 2.21. The van der Waals surface area contributed by atoms with Crippen molar-refractivity contribution in [2.75, 3.05) is 0 Å². The number of tetrazole rings is 1. The third-order valence-corrected chi connectivity index (χ3v) is 3.22. The van der Waals surface area contributed by atoms with Gasteiger partial charge < -0.3 is 4.98 Å². The lowest BCUT2D eigenvalue weighted by Crippen LogP contribution is -2.15. The summed E-state index contributed by atoms with van der Waals surface area (Å²) in [6.07, 6.45) is 0. The van der Waals surface area contributed by atoms with Crippen LogP contribution in [0.4, 0.5) is 4.39 Å². The van der Waals surface area contributed by atoms with Crippen LogP contribution < -0.4 is 5.56 Å². The molecule has 92 valence electrons. The summed E-state index contributed by atoms with van der Waals surface area (Å²) in [5.41, 5.74) is -0.686. The third-order valence-electron chi connectivity index (χ3n) is 2.21. The van der Waals surface area contributed by atoms with E-state index in [4.69, 9.17) is 5.26 Å². The first kappa shape index (κ1) is 12.3. The lowest BCUT2D eigenvalue weighted by atomic mass is 10.2. The number of nitrogens with one attached hydrogen (secondary N) is 2. The molecule has 2 heterocycles. The molecular weight excluding hydrogens is 259 g/mol. The molecule has 2 aromatic rings. The van der Waals surface area contributed by atoms with Crippen LogP contribution in [-0.2, 0) is 5.75 Å². The molecular formula is C9H7FN6OS. The molecule has 0 saturated heterocycles. The number of hydrogen-bond donors (Lipinski definition) is 2. The molecule has 2 aromatic heterocycles. The highest BCUT2D eigenvalue weighted by Crippen LogP contribution is 2.24. The van der Waals surface area contributed by atoms with E-state index in [0.717, 1.165) is 11.8 Å². The van der Waals surface area contributed by atoms with Gasteiger partial charge in [0.05, 0.1) is 16.3 Å². The van der Waals surface area contributed by atoms with Crippen molar-refractivity contribution in [1.29, 1.82) is 5.26 Å². The Balaban J connectivity index is 2.33. The second-order valence-corrected chi connectivity index (χ2v) is 4.33. The van der Waals surface area contributed by atoms with Gasteiger partial charge in [0.15, 0.2) is 11.6 Å². The summed E-state index contributed by atoms with van der Waals surface area (Å²) < 4.78 is 13.3. The highest BCUT2D eigenvalue weighted by Gasteiger charge is 2.15. The van der Waals surface area contributed by atoms with Gasteiger partial charge in [0, 0.05) is 5.56 Å². The Morgan fingerprint density at radius 3 is 2.94 bits per heavy atom. The topological polar surface area (TPSA) is 111 Å². The lowest BCUT2D eigenvalue weighted by molar-refractivity contribution is 0.593. The van der Waals surface area contributed by atoms with Crippen molar-refractivity contribution >= 4 is 11.8 Å². The molecule has 0 radical (unpaired) electrons. The van der Waals surface area contributed by atoms with Gasteiger partial charge in [-0.25, -0.2) is 9.49 Å². The van der Waals surface area contributed by atoms with E-state index in [9.17, 15) is 9.18 Å². The molecule has 0 fully saturated rings. The first-order valence-corrected chi connectivity index (χ1v) is 5.80. The van der Waals surface area contributed by atoms with Gasteiger partial charge in [-0.1, -0.05) is 11.8 Å². The van der Waals surface area contributed by atoms with Crippen molar-refractivity contribution in [3.8, 4) is 6.07 Å². The first-order chi connectivity index (χ1) is 8.63. The second kappa shape index (κ2) is 4.97. The van der Waals surface area contributed by atoms with Gasteiger partial charge in [0.1, 0.15) is 6.07 Å². The lowest BCUT2D eigenvalue weighted by Gasteiger charge is -2.05. The number of aromatic nitrogens is 5. The van der Waals surface area contributed by atoms with E-state index in [0.29, 0.717) is 16.6 Å². The van der Waals surface area contributed by atoms with E-state index in [-0.39, 0.29) is 11.1 Å². The number of hydrogen-bond acceptors (Lipinski definition) is 6. The van der Waals surface area contributed by atoms with Crippen LogP contribution in [0.3, 0.4) is 0 Å². The minimum Gasteiger partial charge on any atom is -0.313 e. The number of thioether (sulfide) groups is 1. The zero-order valence-corrected chi connectivity index (χ0v) is 10.0. The Morgan fingerprint density at radius 1 is 1.56 bits per heavy atom. The Morgan fingerprint density at radius 2 is 2.33 bits per heavy atom. The highest BCUT2D eigenvalue weighted by molar-refractivity contribution is 7.98. The Labute approximate surface area is 104 Å². The average Bonchev–Trinajstić information content (AvgIpc) is 2.86. The molecule has 0 saturated carbocycles. The van der Waals surface area contributed by atoms with E-state index in [2.05, 4.69) is 25.6 Å². The summed E-state index contributed by atoms with van der Waals surface area (Å²) in [7, 11) is 0. The van der Waals surface area contributed by atoms with Gasteiger partial charge >= 0.3 is 0 Å². The predicted octanol–water partition coefficient (Wildman–Crippen LogP) is 0.499. The Bertz CT molecular complexity index is 659. The fraction of sp³-hybridized carbons (Fsp3) is 0.222. The summed E-state index contributed by atoms with van der Waals surface area (Å²) in [5, 5.41) is 22.3. The molecule has 0 aliphatic heterocycles.